The third-order valence-electron chi connectivity index (χ3n) is 2.20. The van der Waals surface area contributed by atoms with Crippen molar-refractivity contribution in [2.24, 2.45) is 0 Å². The van der Waals surface area contributed by atoms with Gasteiger partial charge in [0.2, 0.25) is 11.0 Å². The number of fused-ring (bicyclic) bond motifs is 1. The van der Waals surface area contributed by atoms with Gasteiger partial charge in [-0.2, -0.15) is 12.6 Å². The molecule has 0 unspecified atom stereocenters. The van der Waals surface area contributed by atoms with Gasteiger partial charge in [-0.05, 0) is 15.9 Å². The van der Waals surface area contributed by atoms with Gasteiger partial charge >= 0.3 is 0 Å². The third kappa shape index (κ3) is 1.99. The molecule has 0 amide bonds. The fourth-order valence-electron chi connectivity index (χ4n) is 1.35. The molecular weight excluding hydrogens is 294 g/mol. The van der Waals surface area contributed by atoms with Gasteiger partial charge < -0.3 is 13.7 Å². The van der Waals surface area contributed by atoms with Gasteiger partial charge in [-0.1, -0.05) is 0 Å². The molecule has 2 aromatic heterocycles. The average Bonchev–Trinajstić information content (AvgIpc) is 2.61. The molecule has 0 aromatic carbocycles. The molecular formula is C10H10BrNO3S. The first-order valence-corrected chi connectivity index (χ1v) is 6.09. The lowest BCUT2D eigenvalue weighted by Gasteiger charge is -2.15. The Morgan fingerprint density at radius 2 is 2.25 bits per heavy atom. The molecule has 16 heavy (non-hydrogen) atoms. The number of hydrogen-bond donors (Lipinski definition) is 1. The van der Waals surface area contributed by atoms with Gasteiger partial charge in [0.25, 0.3) is 0 Å². The summed E-state index contributed by atoms with van der Waals surface area (Å²) in [5.41, 5.74) is 0.483. The molecule has 0 aliphatic heterocycles. The van der Waals surface area contributed by atoms with Crippen LogP contribution in [0.3, 0.4) is 0 Å². The number of thiol groups is 1. The predicted octanol–water partition coefficient (Wildman–Crippen LogP) is 2.51. The van der Waals surface area contributed by atoms with E-state index in [0.717, 1.165) is 0 Å². The van der Waals surface area contributed by atoms with Crippen molar-refractivity contribution in [1.82, 2.24) is 0 Å². The summed E-state index contributed by atoms with van der Waals surface area (Å²) in [6.45, 7) is 0.701. The lowest BCUT2D eigenvalue weighted by atomic mass is 10.4. The zero-order valence-electron chi connectivity index (χ0n) is 8.57. The molecule has 6 heteroatoms. The Labute approximate surface area is 106 Å². The average molecular weight is 304 g/mol. The van der Waals surface area contributed by atoms with Crippen LogP contribution >= 0.6 is 28.6 Å². The van der Waals surface area contributed by atoms with Crippen LogP contribution in [-0.4, -0.2) is 19.3 Å². The van der Waals surface area contributed by atoms with E-state index < -0.39 is 0 Å². The summed E-state index contributed by atoms with van der Waals surface area (Å²) >= 11 is 7.39. The lowest BCUT2D eigenvalue weighted by Crippen LogP contribution is -2.20. The molecule has 0 aliphatic carbocycles. The van der Waals surface area contributed by atoms with Gasteiger partial charge in [-0.25, -0.2) is 0 Å². The van der Waals surface area contributed by atoms with Crippen LogP contribution in [-0.2, 0) is 0 Å². The summed E-state index contributed by atoms with van der Waals surface area (Å²) in [5.74, 6) is 1.19. The molecule has 0 N–H and O–H groups in total. The molecule has 2 rings (SSSR count). The largest absolute Gasteiger partial charge is 0.456 e. The Kier molecular flexibility index (Phi) is 3.30. The quantitative estimate of drug-likeness (QED) is 0.885. The summed E-state index contributed by atoms with van der Waals surface area (Å²) < 4.78 is 11.3. The molecule has 0 fully saturated rings. The van der Waals surface area contributed by atoms with E-state index in [-0.39, 0.29) is 11.0 Å². The van der Waals surface area contributed by atoms with Gasteiger partial charge in [-0.15, -0.1) is 0 Å². The fraction of sp³-hybridized carbons (Fsp3) is 0.300. The zero-order chi connectivity index (χ0) is 11.7. The second-order valence-electron chi connectivity index (χ2n) is 3.34. The van der Waals surface area contributed by atoms with Crippen molar-refractivity contribution in [3.8, 4) is 0 Å². The van der Waals surface area contributed by atoms with Crippen molar-refractivity contribution in [2.75, 3.05) is 24.2 Å². The van der Waals surface area contributed by atoms with Crippen LogP contribution in [0, 0.1) is 0 Å². The van der Waals surface area contributed by atoms with Crippen molar-refractivity contribution < 1.29 is 8.83 Å². The van der Waals surface area contributed by atoms with E-state index in [9.17, 15) is 4.79 Å². The summed E-state index contributed by atoms with van der Waals surface area (Å²) in [6, 6.07) is 1.42. The van der Waals surface area contributed by atoms with Crippen LogP contribution in [0.2, 0.25) is 0 Å². The second-order valence-corrected chi connectivity index (χ2v) is 4.64. The van der Waals surface area contributed by atoms with Gasteiger partial charge in [0, 0.05) is 19.3 Å². The van der Waals surface area contributed by atoms with E-state index >= 15 is 0 Å². The first-order chi connectivity index (χ1) is 7.63. The maximum atomic E-state index is 11.7. The van der Waals surface area contributed by atoms with Crippen LogP contribution in [0.5, 0.6) is 0 Å². The molecule has 0 saturated carbocycles. The summed E-state index contributed by atoms with van der Waals surface area (Å²) in [7, 11) is 1.84. The van der Waals surface area contributed by atoms with E-state index in [1.807, 2.05) is 11.9 Å². The summed E-state index contributed by atoms with van der Waals surface area (Å²) in [5, 5.41) is 0. The summed E-state index contributed by atoms with van der Waals surface area (Å²) in [4.78, 5) is 13.5. The number of anilines is 1. The van der Waals surface area contributed by atoms with Crippen molar-refractivity contribution in [3.63, 3.8) is 0 Å². The Morgan fingerprint density at radius 3 is 2.94 bits per heavy atom. The number of nitrogens with zero attached hydrogens (tertiary/aromatic N) is 1. The maximum Gasteiger partial charge on any atom is 0.230 e. The zero-order valence-corrected chi connectivity index (χ0v) is 11.0. The molecule has 0 aliphatic rings. The van der Waals surface area contributed by atoms with Crippen LogP contribution in [0.4, 0.5) is 5.88 Å². The van der Waals surface area contributed by atoms with E-state index in [1.165, 1.54) is 12.3 Å². The van der Waals surface area contributed by atoms with E-state index in [4.69, 9.17) is 8.83 Å². The number of halogens is 1. The standard InChI is InChI=1S/C10H10BrNO3S/c1-12(2-3-16)8-4-7(13)10-9(15-8)6(11)5-14-10/h4-5,16H,2-3H2,1H3. The Hall–Kier alpha value is -0.880. The molecule has 0 spiro atoms. The van der Waals surface area contributed by atoms with Crippen LogP contribution < -0.4 is 10.3 Å². The van der Waals surface area contributed by atoms with Gasteiger partial charge in [-0.3, -0.25) is 4.79 Å². The normalized spacial score (nSPS) is 10.9. The minimum absolute atomic E-state index is 0.187. The molecule has 0 radical (unpaired) electrons. The number of furan rings is 1. The van der Waals surface area contributed by atoms with Crippen LogP contribution in [0.15, 0.2) is 30.4 Å². The minimum Gasteiger partial charge on any atom is -0.456 e. The molecule has 0 atom stereocenters. The Morgan fingerprint density at radius 1 is 1.50 bits per heavy atom. The van der Waals surface area contributed by atoms with Crippen molar-refractivity contribution in [2.45, 2.75) is 0 Å². The van der Waals surface area contributed by atoms with Crippen LogP contribution in [0.1, 0.15) is 0 Å². The van der Waals surface area contributed by atoms with Gasteiger partial charge in [0.1, 0.15) is 6.26 Å². The molecule has 0 bridgehead atoms. The monoisotopic (exact) mass is 303 g/mol. The number of hydrogen-bond acceptors (Lipinski definition) is 5. The maximum absolute atomic E-state index is 11.7. The van der Waals surface area contributed by atoms with E-state index in [1.54, 1.807) is 0 Å². The third-order valence-corrected chi connectivity index (χ3v) is 2.95. The molecule has 0 saturated heterocycles. The first kappa shape index (κ1) is 11.6. The smallest absolute Gasteiger partial charge is 0.230 e. The minimum atomic E-state index is -0.187. The highest BCUT2D eigenvalue weighted by molar-refractivity contribution is 9.10. The lowest BCUT2D eigenvalue weighted by molar-refractivity contribution is 0.571. The highest BCUT2D eigenvalue weighted by Crippen LogP contribution is 2.26. The van der Waals surface area contributed by atoms with Crippen molar-refractivity contribution >= 4 is 45.6 Å². The molecule has 2 aromatic rings. The van der Waals surface area contributed by atoms with Crippen molar-refractivity contribution in [3.05, 3.63) is 27.0 Å². The SMILES string of the molecule is CN(CCS)c1cc(=O)c2occ(Br)c2o1. The van der Waals surface area contributed by atoms with Gasteiger partial charge in [0.05, 0.1) is 10.5 Å². The first-order valence-electron chi connectivity index (χ1n) is 4.66. The molecule has 4 nitrogen and oxygen atoms in total. The molecule has 86 valence electrons. The van der Waals surface area contributed by atoms with Gasteiger partial charge in [0.15, 0.2) is 11.5 Å². The van der Waals surface area contributed by atoms with E-state index in [2.05, 4.69) is 28.6 Å². The molecule has 2 heterocycles. The number of rotatable bonds is 3. The topological polar surface area (TPSA) is 46.6 Å². The highest BCUT2D eigenvalue weighted by Gasteiger charge is 2.13. The Balaban J connectivity index is 2.56. The highest BCUT2D eigenvalue weighted by atomic mass is 79.9. The predicted molar refractivity (Wildman–Crippen MR) is 69.6 cm³/mol. The van der Waals surface area contributed by atoms with E-state index in [0.29, 0.717) is 28.2 Å². The second kappa shape index (κ2) is 4.55. The Bertz CT molecular complexity index is 563. The summed E-state index contributed by atoms with van der Waals surface area (Å²) in [6.07, 6.45) is 1.44. The van der Waals surface area contributed by atoms with Crippen molar-refractivity contribution in [1.29, 1.82) is 0 Å². The fourth-order valence-corrected chi connectivity index (χ4v) is 2.01. The van der Waals surface area contributed by atoms with Crippen LogP contribution in [0.25, 0.3) is 11.2 Å².